The molecule has 0 unspecified atom stereocenters. The third-order valence-electron chi connectivity index (χ3n) is 5.06. The van der Waals surface area contributed by atoms with Crippen LogP contribution in [-0.2, 0) is 0 Å². The second-order valence-corrected chi connectivity index (χ2v) is 8.32. The maximum absolute atomic E-state index is 6.10. The summed E-state index contributed by atoms with van der Waals surface area (Å²) in [6.07, 6.45) is 9.16. The molecule has 1 aliphatic rings. The van der Waals surface area contributed by atoms with E-state index < -0.39 is 0 Å². The number of thiazole rings is 1. The van der Waals surface area contributed by atoms with Gasteiger partial charge in [-0.05, 0) is 68.3 Å². The molecule has 0 bridgehead atoms. The molecule has 0 aliphatic carbocycles. The molecule has 0 atom stereocenters. The standard InChI is InChI=1S/C22H20ClN5S/c23-16-5-7-17(8-6-16)28-20-13-25-12-9-18(20)26-21(28)19-14-29-22(27-19)15-3-1-10-24-11-2-4-15/h3,5-9,12-14,24H,1-2,4,10-11H2/b15-3-. The number of nitrogens with one attached hydrogen (secondary N) is 1. The number of imidazole rings is 1. The molecule has 0 saturated carbocycles. The molecule has 0 fully saturated rings. The van der Waals surface area contributed by atoms with Crippen LogP contribution in [0.4, 0.5) is 0 Å². The summed E-state index contributed by atoms with van der Waals surface area (Å²) in [4.78, 5) is 14.2. The number of hydrogen-bond donors (Lipinski definition) is 1. The summed E-state index contributed by atoms with van der Waals surface area (Å²) in [5.74, 6) is 0.825. The number of nitrogens with zero attached hydrogens (tertiary/aromatic N) is 4. The predicted molar refractivity (Wildman–Crippen MR) is 120 cm³/mol. The van der Waals surface area contributed by atoms with E-state index in [0.29, 0.717) is 5.02 Å². The van der Waals surface area contributed by atoms with Crippen LogP contribution in [0.5, 0.6) is 0 Å². The van der Waals surface area contributed by atoms with Crippen molar-refractivity contribution in [1.82, 2.24) is 24.8 Å². The number of pyridine rings is 1. The highest BCUT2D eigenvalue weighted by atomic mass is 35.5. The summed E-state index contributed by atoms with van der Waals surface area (Å²) in [6, 6.07) is 9.71. The molecule has 5 nitrogen and oxygen atoms in total. The summed E-state index contributed by atoms with van der Waals surface area (Å²) in [6.45, 7) is 2.09. The van der Waals surface area contributed by atoms with Crippen LogP contribution in [0.25, 0.3) is 33.8 Å². The van der Waals surface area contributed by atoms with E-state index in [9.17, 15) is 0 Å². The van der Waals surface area contributed by atoms with Gasteiger partial charge in [0.25, 0.3) is 0 Å². The van der Waals surface area contributed by atoms with Gasteiger partial charge in [-0.15, -0.1) is 11.3 Å². The predicted octanol–water partition coefficient (Wildman–Crippen LogP) is 5.35. The van der Waals surface area contributed by atoms with Crippen LogP contribution in [0.2, 0.25) is 5.02 Å². The van der Waals surface area contributed by atoms with Crippen molar-refractivity contribution in [1.29, 1.82) is 0 Å². The Bertz CT molecular complexity index is 1180. The molecule has 1 N–H and O–H groups in total. The van der Waals surface area contributed by atoms with Crippen molar-refractivity contribution < 1.29 is 0 Å². The lowest BCUT2D eigenvalue weighted by Crippen LogP contribution is -2.17. The number of allylic oxidation sites excluding steroid dienone is 1. The second kappa shape index (κ2) is 8.06. The van der Waals surface area contributed by atoms with Crippen LogP contribution >= 0.6 is 22.9 Å². The fourth-order valence-corrected chi connectivity index (χ4v) is 4.64. The van der Waals surface area contributed by atoms with Crippen molar-refractivity contribution in [2.24, 2.45) is 0 Å². The SMILES string of the molecule is Clc1ccc(-n2c(-c3csc(/C4=C\CCNCCC4)n3)nc3ccncc32)cc1. The summed E-state index contributed by atoms with van der Waals surface area (Å²) < 4.78 is 2.11. The molecule has 0 spiro atoms. The monoisotopic (exact) mass is 421 g/mol. The fourth-order valence-electron chi connectivity index (χ4n) is 3.64. The van der Waals surface area contributed by atoms with E-state index >= 15 is 0 Å². The van der Waals surface area contributed by atoms with Gasteiger partial charge in [-0.2, -0.15) is 0 Å². The molecular formula is C22H20ClN5S. The summed E-state index contributed by atoms with van der Waals surface area (Å²) in [5, 5.41) is 7.35. The van der Waals surface area contributed by atoms with Crippen molar-refractivity contribution >= 4 is 39.5 Å². The second-order valence-electron chi connectivity index (χ2n) is 7.02. The maximum Gasteiger partial charge on any atom is 0.165 e. The summed E-state index contributed by atoms with van der Waals surface area (Å²) in [7, 11) is 0. The zero-order valence-corrected chi connectivity index (χ0v) is 17.4. The molecule has 4 aromatic rings. The van der Waals surface area contributed by atoms with Crippen LogP contribution in [0, 0.1) is 0 Å². The minimum absolute atomic E-state index is 0.708. The first-order chi connectivity index (χ1) is 14.3. The van der Waals surface area contributed by atoms with E-state index in [1.54, 1.807) is 17.5 Å². The first-order valence-corrected chi connectivity index (χ1v) is 11.0. The Hall–Kier alpha value is -2.54. The van der Waals surface area contributed by atoms with Gasteiger partial charge in [0.15, 0.2) is 5.82 Å². The molecule has 0 radical (unpaired) electrons. The Morgan fingerprint density at radius 1 is 1.07 bits per heavy atom. The van der Waals surface area contributed by atoms with E-state index in [1.165, 1.54) is 5.57 Å². The normalized spacial score (nSPS) is 16.9. The topological polar surface area (TPSA) is 55.6 Å². The zero-order valence-electron chi connectivity index (χ0n) is 15.8. The van der Waals surface area contributed by atoms with Gasteiger partial charge in [-0.1, -0.05) is 17.7 Å². The molecule has 7 heteroatoms. The molecule has 29 heavy (non-hydrogen) atoms. The minimum atomic E-state index is 0.708. The van der Waals surface area contributed by atoms with Gasteiger partial charge in [0.1, 0.15) is 10.7 Å². The number of fused-ring (bicyclic) bond motifs is 1. The highest BCUT2D eigenvalue weighted by Crippen LogP contribution is 2.32. The van der Waals surface area contributed by atoms with Gasteiger partial charge in [0, 0.05) is 22.3 Å². The van der Waals surface area contributed by atoms with Gasteiger partial charge >= 0.3 is 0 Å². The van der Waals surface area contributed by atoms with Gasteiger partial charge < -0.3 is 5.32 Å². The average Bonchev–Trinajstić information content (AvgIpc) is 3.33. The fraction of sp³-hybridized carbons (Fsp3) is 0.227. The molecule has 5 rings (SSSR count). The number of rotatable bonds is 3. The third kappa shape index (κ3) is 3.71. The smallest absolute Gasteiger partial charge is 0.165 e. The molecule has 1 aromatic carbocycles. The summed E-state index contributed by atoms with van der Waals surface area (Å²) >= 11 is 7.80. The largest absolute Gasteiger partial charge is 0.316 e. The van der Waals surface area contributed by atoms with Crippen LogP contribution in [0.1, 0.15) is 24.3 Å². The number of benzene rings is 1. The number of halogens is 1. The lowest BCUT2D eigenvalue weighted by molar-refractivity contribution is 0.650. The molecule has 1 aliphatic heterocycles. The van der Waals surface area contributed by atoms with Crippen LogP contribution in [0.15, 0.2) is 54.2 Å². The quantitative estimate of drug-likeness (QED) is 0.484. The molecule has 4 heterocycles. The van der Waals surface area contributed by atoms with Crippen molar-refractivity contribution in [3.05, 3.63) is 64.2 Å². The minimum Gasteiger partial charge on any atom is -0.316 e. The van der Waals surface area contributed by atoms with Crippen LogP contribution in [-0.4, -0.2) is 32.6 Å². The van der Waals surface area contributed by atoms with E-state index in [-0.39, 0.29) is 0 Å². The van der Waals surface area contributed by atoms with Crippen LogP contribution < -0.4 is 5.32 Å². The molecule has 146 valence electrons. The zero-order chi connectivity index (χ0) is 19.6. The molecule has 3 aromatic heterocycles. The van der Waals surface area contributed by atoms with Gasteiger partial charge in [-0.3, -0.25) is 9.55 Å². The van der Waals surface area contributed by atoms with Gasteiger partial charge in [0.2, 0.25) is 0 Å². The summed E-state index contributed by atoms with van der Waals surface area (Å²) in [5.41, 5.74) is 5.08. The Kier molecular flexibility index (Phi) is 5.14. The highest BCUT2D eigenvalue weighted by molar-refractivity contribution is 7.11. The maximum atomic E-state index is 6.10. The Morgan fingerprint density at radius 3 is 2.86 bits per heavy atom. The van der Waals surface area contributed by atoms with Crippen LogP contribution in [0.3, 0.4) is 0 Å². The Labute approximate surface area is 178 Å². The molecular weight excluding hydrogens is 402 g/mol. The lowest BCUT2D eigenvalue weighted by atomic mass is 10.1. The molecule has 0 amide bonds. The highest BCUT2D eigenvalue weighted by Gasteiger charge is 2.18. The number of hydrogen-bond acceptors (Lipinski definition) is 5. The molecule has 0 saturated heterocycles. The number of aromatic nitrogens is 4. The third-order valence-corrected chi connectivity index (χ3v) is 6.23. The first-order valence-electron chi connectivity index (χ1n) is 9.74. The van der Waals surface area contributed by atoms with E-state index in [2.05, 4.69) is 26.3 Å². The van der Waals surface area contributed by atoms with Crippen molar-refractivity contribution in [3.8, 4) is 17.2 Å². The van der Waals surface area contributed by atoms with Gasteiger partial charge in [-0.25, -0.2) is 9.97 Å². The van der Waals surface area contributed by atoms with Crippen molar-refractivity contribution in [3.63, 3.8) is 0 Å². The van der Waals surface area contributed by atoms with Crippen molar-refractivity contribution in [2.45, 2.75) is 19.3 Å². The Morgan fingerprint density at radius 2 is 1.97 bits per heavy atom. The first kappa shape index (κ1) is 18.5. The van der Waals surface area contributed by atoms with Crippen molar-refractivity contribution in [2.75, 3.05) is 13.1 Å². The van der Waals surface area contributed by atoms with E-state index in [4.69, 9.17) is 21.6 Å². The Balaban J connectivity index is 1.61. The average molecular weight is 422 g/mol. The van der Waals surface area contributed by atoms with E-state index in [0.717, 1.165) is 65.6 Å². The van der Waals surface area contributed by atoms with Gasteiger partial charge in [0.05, 0.1) is 17.2 Å². The van der Waals surface area contributed by atoms with E-state index in [1.807, 2.05) is 36.5 Å². The lowest BCUT2D eigenvalue weighted by Gasteiger charge is -2.10.